The largest absolute Gasteiger partial charge is 0.545 e. The summed E-state index contributed by atoms with van der Waals surface area (Å²) >= 11 is 0. The van der Waals surface area contributed by atoms with Crippen molar-refractivity contribution in [1.29, 1.82) is 0 Å². The number of hydrogen-bond acceptors (Lipinski definition) is 5. The standard InChI is InChI=1S/CHNO5S/c3-1-6-2-8(4,5)7-1/h2H. The summed E-state index contributed by atoms with van der Waals surface area (Å²) in [5.41, 5.74) is 0. The van der Waals surface area contributed by atoms with E-state index in [9.17, 15) is 13.2 Å². The van der Waals surface area contributed by atoms with Gasteiger partial charge < -0.3 is 4.84 Å². The fraction of sp³-hybridized carbons (Fsp3) is 0. The van der Waals surface area contributed by atoms with Crippen LogP contribution in [0, 0.1) is 0 Å². The molecule has 0 unspecified atom stereocenters. The number of rotatable bonds is 0. The van der Waals surface area contributed by atoms with Crippen LogP contribution in [0.2, 0.25) is 0 Å². The maximum absolute atomic E-state index is 9.96. The fourth-order valence-electron chi connectivity index (χ4n) is 0.209. The highest BCUT2D eigenvalue weighted by Crippen LogP contribution is 1.98. The molecule has 8 heavy (non-hydrogen) atoms. The quantitative estimate of drug-likeness (QED) is 0.460. The first kappa shape index (κ1) is 5.32. The smallest absolute Gasteiger partial charge is 0.319 e. The minimum atomic E-state index is -3.92. The van der Waals surface area contributed by atoms with Crippen molar-refractivity contribution in [1.82, 2.24) is 4.89 Å². The van der Waals surface area contributed by atoms with Crippen LogP contribution in [-0.2, 0) is 19.3 Å². The number of carbonyl (C=O) groups excluding carboxylic acids is 1. The second kappa shape index (κ2) is 1.33. The van der Waals surface area contributed by atoms with Gasteiger partial charge in [-0.05, 0) is 4.89 Å². The molecule has 0 radical (unpaired) electrons. The Kier molecular flexibility index (Phi) is 0.882. The summed E-state index contributed by atoms with van der Waals surface area (Å²) in [6, 6.07) is 0. The summed E-state index contributed by atoms with van der Waals surface area (Å²) in [5, 5.41) is 0. The average Bonchev–Trinajstić information content (AvgIpc) is 1.82. The summed E-state index contributed by atoms with van der Waals surface area (Å²) in [5.74, 6) is 0. The predicted molar refractivity (Wildman–Crippen MR) is 19.6 cm³/mol. The summed E-state index contributed by atoms with van der Waals surface area (Å²) < 4.78 is 23.5. The molecule has 1 aliphatic heterocycles. The van der Waals surface area contributed by atoms with Gasteiger partial charge >= 0.3 is 16.5 Å². The lowest BCUT2D eigenvalue weighted by atomic mass is 11.4. The predicted octanol–water partition coefficient (Wildman–Crippen LogP) is -1.10. The normalized spacial score (nSPS) is 24.2. The zero-order valence-electron chi connectivity index (χ0n) is 3.45. The minimum absolute atomic E-state index is 1.26. The highest BCUT2D eigenvalue weighted by Gasteiger charge is 2.28. The molecule has 7 heteroatoms. The van der Waals surface area contributed by atoms with Gasteiger partial charge in [0.1, 0.15) is 0 Å². The minimum Gasteiger partial charge on any atom is -0.319 e. The SMILES string of the molecule is O=C1ONS(=O)(=O)O1. The molecule has 1 fully saturated rings. The Bertz CT molecular complexity index is 202. The maximum Gasteiger partial charge on any atom is 0.545 e. The molecule has 0 atom stereocenters. The van der Waals surface area contributed by atoms with Gasteiger partial charge in [0.2, 0.25) is 0 Å². The number of nitrogens with one attached hydrogen (secondary N) is 1. The molecule has 1 aliphatic rings. The van der Waals surface area contributed by atoms with Crippen LogP contribution in [0.5, 0.6) is 0 Å². The van der Waals surface area contributed by atoms with Crippen LogP contribution in [0.4, 0.5) is 4.79 Å². The van der Waals surface area contributed by atoms with Gasteiger partial charge in [0.25, 0.3) is 0 Å². The summed E-state index contributed by atoms with van der Waals surface area (Å²) in [6.45, 7) is 0. The molecular weight excluding hydrogens is 138 g/mol. The van der Waals surface area contributed by atoms with E-state index in [4.69, 9.17) is 0 Å². The molecule has 0 aromatic rings. The molecule has 1 saturated heterocycles. The molecule has 6 nitrogen and oxygen atoms in total. The fourth-order valence-corrected chi connectivity index (χ4v) is 0.626. The molecule has 1 N–H and O–H groups in total. The van der Waals surface area contributed by atoms with Gasteiger partial charge in [-0.2, -0.15) is 8.42 Å². The lowest BCUT2D eigenvalue weighted by Crippen LogP contribution is -2.12. The molecular formula is CHNO5S. The molecule has 0 bridgehead atoms. The molecule has 46 valence electrons. The van der Waals surface area contributed by atoms with Crippen LogP contribution in [0.15, 0.2) is 0 Å². The van der Waals surface area contributed by atoms with E-state index >= 15 is 0 Å². The summed E-state index contributed by atoms with van der Waals surface area (Å²) in [6.07, 6.45) is -1.26. The molecule has 0 aliphatic carbocycles. The van der Waals surface area contributed by atoms with Gasteiger partial charge in [0, 0.05) is 0 Å². The number of hydrogen-bond donors (Lipinski definition) is 1. The Morgan fingerprint density at radius 2 is 2.12 bits per heavy atom. The van der Waals surface area contributed by atoms with Crippen LogP contribution in [0.3, 0.4) is 0 Å². The third kappa shape index (κ3) is 0.873. The second-order valence-corrected chi connectivity index (χ2v) is 2.21. The Labute approximate surface area is 44.6 Å². The van der Waals surface area contributed by atoms with Crippen molar-refractivity contribution in [2.75, 3.05) is 0 Å². The van der Waals surface area contributed by atoms with E-state index in [2.05, 4.69) is 9.02 Å². The molecule has 0 amide bonds. The Morgan fingerprint density at radius 1 is 1.50 bits per heavy atom. The lowest BCUT2D eigenvalue weighted by molar-refractivity contribution is 0.114. The molecule has 1 heterocycles. The topological polar surface area (TPSA) is 81.7 Å². The highest BCUT2D eigenvalue weighted by atomic mass is 32.2. The first-order valence-corrected chi connectivity index (χ1v) is 2.93. The van der Waals surface area contributed by atoms with Crippen LogP contribution >= 0.6 is 0 Å². The zero-order valence-corrected chi connectivity index (χ0v) is 4.27. The third-order valence-corrected chi connectivity index (χ3v) is 1.05. The van der Waals surface area contributed by atoms with Crippen LogP contribution in [-0.4, -0.2) is 14.6 Å². The molecule has 0 aromatic carbocycles. The van der Waals surface area contributed by atoms with Gasteiger partial charge in [-0.3, -0.25) is 4.18 Å². The molecule has 0 aromatic heterocycles. The summed E-state index contributed by atoms with van der Waals surface area (Å²) in [7, 11) is -3.92. The van der Waals surface area contributed by atoms with Crippen molar-refractivity contribution in [3.8, 4) is 0 Å². The van der Waals surface area contributed by atoms with E-state index < -0.39 is 16.5 Å². The van der Waals surface area contributed by atoms with E-state index in [1.807, 2.05) is 0 Å². The van der Waals surface area contributed by atoms with Crippen molar-refractivity contribution in [3.63, 3.8) is 0 Å². The lowest BCUT2D eigenvalue weighted by Gasteiger charge is -1.79. The van der Waals surface area contributed by atoms with Crippen LogP contribution < -0.4 is 4.89 Å². The first-order valence-electron chi connectivity index (χ1n) is 1.52. The van der Waals surface area contributed by atoms with Crippen LogP contribution in [0.25, 0.3) is 0 Å². The van der Waals surface area contributed by atoms with E-state index in [-0.39, 0.29) is 0 Å². The van der Waals surface area contributed by atoms with E-state index in [1.165, 1.54) is 4.89 Å². The molecule has 0 saturated carbocycles. The van der Waals surface area contributed by atoms with Crippen molar-refractivity contribution in [2.45, 2.75) is 0 Å². The summed E-state index contributed by atoms with van der Waals surface area (Å²) in [4.78, 5) is 14.8. The van der Waals surface area contributed by atoms with Crippen molar-refractivity contribution >= 4 is 16.5 Å². The van der Waals surface area contributed by atoms with Gasteiger partial charge in [0.15, 0.2) is 0 Å². The zero-order chi connectivity index (χ0) is 6.20. The van der Waals surface area contributed by atoms with Gasteiger partial charge in [-0.1, -0.05) is 0 Å². The van der Waals surface area contributed by atoms with E-state index in [0.717, 1.165) is 0 Å². The average molecular weight is 139 g/mol. The third-order valence-electron chi connectivity index (χ3n) is 0.405. The Balaban J connectivity index is 2.86. The van der Waals surface area contributed by atoms with Gasteiger partial charge in [0.05, 0.1) is 0 Å². The van der Waals surface area contributed by atoms with Crippen molar-refractivity contribution in [3.05, 3.63) is 0 Å². The Hall–Kier alpha value is -0.820. The van der Waals surface area contributed by atoms with Crippen LogP contribution in [0.1, 0.15) is 0 Å². The molecule has 1 rings (SSSR count). The van der Waals surface area contributed by atoms with E-state index in [0.29, 0.717) is 0 Å². The van der Waals surface area contributed by atoms with Gasteiger partial charge in [-0.25, -0.2) is 4.79 Å². The highest BCUT2D eigenvalue weighted by molar-refractivity contribution is 7.85. The van der Waals surface area contributed by atoms with Crippen molar-refractivity contribution in [2.24, 2.45) is 0 Å². The van der Waals surface area contributed by atoms with Crippen molar-refractivity contribution < 1.29 is 22.2 Å². The monoisotopic (exact) mass is 139 g/mol. The maximum atomic E-state index is 9.96. The first-order chi connectivity index (χ1) is 3.60. The second-order valence-electron chi connectivity index (χ2n) is 0.973. The van der Waals surface area contributed by atoms with Gasteiger partial charge in [-0.15, -0.1) is 0 Å². The number of carbonyl (C=O) groups is 1. The van der Waals surface area contributed by atoms with E-state index in [1.54, 1.807) is 0 Å². The Morgan fingerprint density at radius 3 is 2.25 bits per heavy atom. The molecule has 0 spiro atoms.